The molecule has 6 nitrogen and oxygen atoms in total. The maximum atomic E-state index is 13.4. The van der Waals surface area contributed by atoms with Crippen molar-refractivity contribution in [2.45, 2.75) is 33.6 Å². The van der Waals surface area contributed by atoms with Crippen LogP contribution in [-0.2, 0) is 9.36 Å². The average molecular weight is 406 g/mol. The van der Waals surface area contributed by atoms with Gasteiger partial charge in [-0.2, -0.15) is 0 Å². The van der Waals surface area contributed by atoms with Crippen LogP contribution < -0.4 is 18.5 Å². The second-order valence-corrected chi connectivity index (χ2v) is 8.15. The molecule has 0 fully saturated rings. The van der Waals surface area contributed by atoms with Crippen molar-refractivity contribution in [2.24, 2.45) is 0 Å². The van der Waals surface area contributed by atoms with Gasteiger partial charge in [0.05, 0.1) is 13.2 Å². The van der Waals surface area contributed by atoms with Gasteiger partial charge in [0, 0.05) is 0 Å². The van der Waals surface area contributed by atoms with E-state index in [1.54, 1.807) is 48.5 Å². The van der Waals surface area contributed by atoms with Gasteiger partial charge in [0.15, 0.2) is 23.0 Å². The Morgan fingerprint density at radius 2 is 1.18 bits per heavy atom. The molecular formula is C21H27O6P. The number of ketones is 1. The van der Waals surface area contributed by atoms with E-state index in [1.165, 1.54) is 6.92 Å². The summed E-state index contributed by atoms with van der Waals surface area (Å²) in [5.74, 6) is 1.14. The quantitative estimate of drug-likeness (QED) is 0.433. The summed E-state index contributed by atoms with van der Waals surface area (Å²) in [5.41, 5.74) is 0. The lowest BCUT2D eigenvalue weighted by molar-refractivity contribution is -0.114. The zero-order chi connectivity index (χ0) is 20.4. The highest BCUT2D eigenvalue weighted by atomic mass is 31.2. The maximum Gasteiger partial charge on any atom is 0.438 e. The first-order chi connectivity index (χ1) is 13.5. The molecule has 0 saturated heterocycles. The Labute approximate surface area is 166 Å². The van der Waals surface area contributed by atoms with Gasteiger partial charge in [0.25, 0.3) is 0 Å². The number of para-hydroxylation sites is 4. The van der Waals surface area contributed by atoms with Gasteiger partial charge in [-0.3, -0.25) is 4.79 Å². The molecule has 0 aliphatic carbocycles. The molecule has 0 spiro atoms. The second-order valence-electron chi connectivity index (χ2n) is 6.24. The van der Waals surface area contributed by atoms with E-state index in [0.29, 0.717) is 24.7 Å². The standard InChI is InChI=1S/C21H27O6P/c1-4-14-24-18-10-6-8-12-20(18)26-28(23,16-17(3)22)27-21-13-9-7-11-19(21)25-15-5-2/h6-13H,4-5,14-16H2,1-3H3. The van der Waals surface area contributed by atoms with Crippen LogP contribution >= 0.6 is 7.60 Å². The molecule has 0 atom stereocenters. The van der Waals surface area contributed by atoms with E-state index < -0.39 is 7.60 Å². The molecule has 0 bridgehead atoms. The van der Waals surface area contributed by atoms with E-state index in [0.717, 1.165) is 12.8 Å². The van der Waals surface area contributed by atoms with Gasteiger partial charge in [-0.15, -0.1) is 0 Å². The van der Waals surface area contributed by atoms with Crippen molar-refractivity contribution in [3.63, 3.8) is 0 Å². The summed E-state index contributed by atoms with van der Waals surface area (Å²) in [6.45, 7) is 6.30. The molecule has 0 saturated carbocycles. The summed E-state index contributed by atoms with van der Waals surface area (Å²) < 4.78 is 36.2. The fourth-order valence-corrected chi connectivity index (χ4v) is 3.98. The molecule has 0 radical (unpaired) electrons. The van der Waals surface area contributed by atoms with Crippen LogP contribution in [-0.4, -0.2) is 25.2 Å². The first-order valence-electron chi connectivity index (χ1n) is 9.38. The monoisotopic (exact) mass is 406 g/mol. The molecule has 2 aromatic rings. The van der Waals surface area contributed by atoms with Gasteiger partial charge in [-0.25, -0.2) is 4.57 Å². The van der Waals surface area contributed by atoms with Gasteiger partial charge >= 0.3 is 7.60 Å². The van der Waals surface area contributed by atoms with Gasteiger partial charge < -0.3 is 18.5 Å². The van der Waals surface area contributed by atoms with Crippen LogP contribution in [0.2, 0.25) is 0 Å². The van der Waals surface area contributed by atoms with Crippen molar-refractivity contribution in [3.05, 3.63) is 48.5 Å². The number of Topliss-reactive ketones (excluding diaryl/α,β-unsaturated/α-hetero) is 1. The summed E-state index contributed by atoms with van der Waals surface area (Å²) in [6, 6.07) is 13.8. The molecule has 2 aromatic carbocycles. The third kappa shape index (κ3) is 6.61. The van der Waals surface area contributed by atoms with E-state index >= 15 is 0 Å². The fraction of sp³-hybridized carbons (Fsp3) is 0.381. The number of ether oxygens (including phenoxy) is 2. The number of hydrogen-bond acceptors (Lipinski definition) is 6. The van der Waals surface area contributed by atoms with Crippen molar-refractivity contribution in [1.29, 1.82) is 0 Å². The number of hydrogen-bond donors (Lipinski definition) is 0. The smallest absolute Gasteiger partial charge is 0.438 e. The lowest BCUT2D eigenvalue weighted by Crippen LogP contribution is -2.12. The highest BCUT2D eigenvalue weighted by molar-refractivity contribution is 7.55. The number of carbonyl (C=O) groups excluding carboxylic acids is 1. The Morgan fingerprint density at radius 1 is 0.786 bits per heavy atom. The molecule has 0 N–H and O–H groups in total. The zero-order valence-corrected chi connectivity index (χ0v) is 17.4. The summed E-state index contributed by atoms with van der Waals surface area (Å²) >= 11 is 0. The summed E-state index contributed by atoms with van der Waals surface area (Å²) in [6.07, 6.45) is 1.27. The topological polar surface area (TPSA) is 71.1 Å². The van der Waals surface area contributed by atoms with Crippen molar-refractivity contribution < 1.29 is 27.9 Å². The minimum Gasteiger partial charge on any atom is -0.490 e. The largest absolute Gasteiger partial charge is 0.490 e. The Kier molecular flexibility index (Phi) is 8.40. The fourth-order valence-electron chi connectivity index (χ4n) is 2.37. The average Bonchev–Trinajstić information content (AvgIpc) is 2.66. The molecule has 28 heavy (non-hydrogen) atoms. The first-order valence-corrected chi connectivity index (χ1v) is 11.1. The maximum absolute atomic E-state index is 13.4. The van der Waals surface area contributed by atoms with E-state index in [4.69, 9.17) is 18.5 Å². The van der Waals surface area contributed by atoms with Crippen LogP contribution in [0.15, 0.2) is 48.5 Å². The van der Waals surface area contributed by atoms with Gasteiger partial charge in [0.1, 0.15) is 11.9 Å². The molecule has 0 aromatic heterocycles. The molecule has 0 aliphatic heterocycles. The number of benzene rings is 2. The Balaban J connectivity index is 2.31. The summed E-state index contributed by atoms with van der Waals surface area (Å²) in [4.78, 5) is 11.8. The van der Waals surface area contributed by atoms with Crippen molar-refractivity contribution in [1.82, 2.24) is 0 Å². The van der Waals surface area contributed by atoms with Crippen LogP contribution in [0.4, 0.5) is 0 Å². The predicted molar refractivity (Wildman–Crippen MR) is 109 cm³/mol. The molecule has 0 aliphatic rings. The van der Waals surface area contributed by atoms with Crippen LogP contribution in [0, 0.1) is 0 Å². The Morgan fingerprint density at radius 3 is 1.54 bits per heavy atom. The SMILES string of the molecule is CCCOc1ccccc1OP(=O)(CC(C)=O)Oc1ccccc1OCCC. The third-order valence-corrected chi connectivity index (χ3v) is 5.30. The molecule has 0 heterocycles. The van der Waals surface area contributed by atoms with Crippen LogP contribution in [0.25, 0.3) is 0 Å². The Hall–Kier alpha value is -2.46. The van der Waals surface area contributed by atoms with Crippen molar-refractivity contribution >= 4 is 13.4 Å². The van der Waals surface area contributed by atoms with Gasteiger partial charge in [-0.1, -0.05) is 38.1 Å². The number of rotatable bonds is 12. The third-order valence-electron chi connectivity index (χ3n) is 3.51. The van der Waals surface area contributed by atoms with Crippen molar-refractivity contribution in [3.8, 4) is 23.0 Å². The minimum atomic E-state index is -3.85. The zero-order valence-electron chi connectivity index (χ0n) is 16.6. The molecule has 2 rings (SSSR count). The highest BCUT2D eigenvalue weighted by Crippen LogP contribution is 2.52. The molecule has 0 unspecified atom stereocenters. The summed E-state index contributed by atoms with van der Waals surface area (Å²) in [5, 5.41) is 0. The van der Waals surface area contributed by atoms with Gasteiger partial charge in [0.2, 0.25) is 0 Å². The molecule has 0 amide bonds. The van der Waals surface area contributed by atoms with E-state index in [-0.39, 0.29) is 23.4 Å². The molecule has 152 valence electrons. The first kappa shape index (κ1) is 21.8. The summed E-state index contributed by atoms with van der Waals surface area (Å²) in [7, 11) is -3.85. The van der Waals surface area contributed by atoms with Gasteiger partial charge in [-0.05, 0) is 44.0 Å². The van der Waals surface area contributed by atoms with E-state index in [1.807, 2.05) is 13.8 Å². The normalized spacial score (nSPS) is 11.0. The van der Waals surface area contributed by atoms with Crippen LogP contribution in [0.1, 0.15) is 33.6 Å². The lowest BCUT2D eigenvalue weighted by atomic mass is 10.3. The predicted octanol–water partition coefficient (Wildman–Crippen LogP) is 5.50. The highest BCUT2D eigenvalue weighted by Gasteiger charge is 2.32. The van der Waals surface area contributed by atoms with Crippen molar-refractivity contribution in [2.75, 3.05) is 19.4 Å². The lowest BCUT2D eigenvalue weighted by Gasteiger charge is -2.22. The molecular weight excluding hydrogens is 379 g/mol. The van der Waals surface area contributed by atoms with Crippen LogP contribution in [0.5, 0.6) is 23.0 Å². The number of carbonyl (C=O) groups is 1. The van der Waals surface area contributed by atoms with E-state index in [9.17, 15) is 9.36 Å². The second kappa shape index (κ2) is 10.8. The minimum absolute atomic E-state index is 0.271. The van der Waals surface area contributed by atoms with Crippen LogP contribution in [0.3, 0.4) is 0 Å². The van der Waals surface area contributed by atoms with E-state index in [2.05, 4.69) is 0 Å². The Bertz CT molecular complexity index is 763. The molecule has 7 heteroatoms.